The maximum atomic E-state index is 12.9. The average molecular weight is 382 g/mol. The molecule has 0 spiro atoms. The van der Waals surface area contributed by atoms with Crippen LogP contribution in [-0.4, -0.2) is 33.5 Å². The summed E-state index contributed by atoms with van der Waals surface area (Å²) < 4.78 is 14.0. The van der Waals surface area contributed by atoms with Crippen LogP contribution in [0.4, 0.5) is 10.1 Å². The summed E-state index contributed by atoms with van der Waals surface area (Å²) in [5.74, 6) is -1.85. The highest BCUT2D eigenvalue weighted by atomic mass is 19.1. The fourth-order valence-corrected chi connectivity index (χ4v) is 2.49. The molecule has 2 heterocycles. The molecule has 0 aliphatic heterocycles. The number of carbonyl (C=O) groups is 3. The summed E-state index contributed by atoms with van der Waals surface area (Å²) in [6.45, 7) is 0.970. The molecule has 0 fully saturated rings. The van der Waals surface area contributed by atoms with Crippen LogP contribution in [0, 0.1) is 5.82 Å². The summed E-state index contributed by atoms with van der Waals surface area (Å²) in [5.41, 5.74) is 0.119. The van der Waals surface area contributed by atoms with E-state index in [1.54, 1.807) is 0 Å². The van der Waals surface area contributed by atoms with Crippen molar-refractivity contribution in [2.45, 2.75) is 6.92 Å². The van der Waals surface area contributed by atoms with E-state index in [1.807, 2.05) is 0 Å². The van der Waals surface area contributed by atoms with Crippen LogP contribution in [0.15, 0.2) is 53.6 Å². The molecular weight excluding hydrogens is 367 g/mol. The van der Waals surface area contributed by atoms with Gasteiger partial charge in [0, 0.05) is 18.7 Å². The van der Waals surface area contributed by atoms with Crippen molar-refractivity contribution in [1.82, 2.24) is 14.7 Å². The highest BCUT2D eigenvalue weighted by molar-refractivity contribution is 6.02. The Morgan fingerprint density at radius 1 is 1.07 bits per heavy atom. The molecule has 142 valence electrons. The van der Waals surface area contributed by atoms with E-state index in [0.29, 0.717) is 0 Å². The molecule has 3 rings (SSSR count). The Balaban J connectivity index is 1.78. The Morgan fingerprint density at radius 2 is 1.75 bits per heavy atom. The van der Waals surface area contributed by atoms with Gasteiger partial charge >= 0.3 is 0 Å². The highest BCUT2D eigenvalue weighted by Gasteiger charge is 2.12. The molecule has 2 amide bonds. The topological polar surface area (TPSA) is 110 Å². The van der Waals surface area contributed by atoms with Crippen molar-refractivity contribution < 1.29 is 18.8 Å². The quantitative estimate of drug-likeness (QED) is 0.649. The summed E-state index contributed by atoms with van der Waals surface area (Å²) in [7, 11) is 0. The van der Waals surface area contributed by atoms with Crippen LogP contribution in [0.1, 0.15) is 27.6 Å². The monoisotopic (exact) mass is 382 g/mol. The molecule has 8 nitrogen and oxygen atoms in total. The first kappa shape index (κ1) is 18.9. The van der Waals surface area contributed by atoms with E-state index in [2.05, 4.69) is 15.6 Å². The van der Waals surface area contributed by atoms with Gasteiger partial charge in [0.1, 0.15) is 17.2 Å². The van der Waals surface area contributed by atoms with Crippen LogP contribution in [-0.2, 0) is 4.79 Å². The number of pyridine rings is 1. The maximum Gasteiger partial charge on any atom is 0.281 e. The molecule has 0 atom stereocenters. The molecule has 1 aromatic carbocycles. The van der Waals surface area contributed by atoms with Gasteiger partial charge in [0.15, 0.2) is 5.78 Å². The number of anilines is 1. The molecule has 3 aromatic rings. The number of carbonyl (C=O) groups excluding carboxylic acids is 3. The molecule has 0 aliphatic rings. The Kier molecular flexibility index (Phi) is 5.25. The van der Waals surface area contributed by atoms with E-state index in [9.17, 15) is 23.6 Å². The number of hydrogen-bond acceptors (Lipinski definition) is 5. The first-order valence-electron chi connectivity index (χ1n) is 8.21. The second kappa shape index (κ2) is 7.78. The van der Waals surface area contributed by atoms with Crippen LogP contribution < -0.4 is 16.2 Å². The Morgan fingerprint density at radius 3 is 2.43 bits per heavy atom. The summed E-state index contributed by atoms with van der Waals surface area (Å²) in [4.78, 5) is 52.0. The molecule has 0 unspecified atom stereocenters. The van der Waals surface area contributed by atoms with Crippen LogP contribution in [0.2, 0.25) is 0 Å². The summed E-state index contributed by atoms with van der Waals surface area (Å²) in [6, 6.07) is 7.89. The van der Waals surface area contributed by atoms with Crippen molar-refractivity contribution in [3.05, 3.63) is 76.1 Å². The SMILES string of the molecule is CC(=O)Nc1cnc2ccc(C(=O)NCC(=O)c3ccc(F)cc3)cn2c1=O. The number of rotatable bonds is 5. The second-order valence-electron chi connectivity index (χ2n) is 5.92. The second-order valence-corrected chi connectivity index (χ2v) is 5.92. The van der Waals surface area contributed by atoms with Gasteiger partial charge in [-0.1, -0.05) is 0 Å². The number of nitrogens with zero attached hydrogens (tertiary/aromatic N) is 2. The van der Waals surface area contributed by atoms with Gasteiger partial charge in [-0.3, -0.25) is 23.6 Å². The molecule has 0 aliphatic carbocycles. The van der Waals surface area contributed by atoms with E-state index in [-0.39, 0.29) is 34.8 Å². The standard InChI is InChI=1S/C19H15FN4O4/c1-11(25)23-15-8-21-17-7-4-13(10-24(17)19(15)28)18(27)22-9-16(26)12-2-5-14(20)6-3-12/h2-8,10H,9H2,1H3,(H,22,27)(H,23,25). The highest BCUT2D eigenvalue weighted by Crippen LogP contribution is 2.06. The number of halogens is 1. The molecule has 0 saturated heterocycles. The number of ketones is 1. The van der Waals surface area contributed by atoms with Gasteiger partial charge in [-0.15, -0.1) is 0 Å². The third kappa shape index (κ3) is 4.09. The van der Waals surface area contributed by atoms with Gasteiger partial charge < -0.3 is 10.6 Å². The van der Waals surface area contributed by atoms with Crippen molar-refractivity contribution in [1.29, 1.82) is 0 Å². The van der Waals surface area contributed by atoms with Gasteiger partial charge in [0.2, 0.25) is 5.91 Å². The van der Waals surface area contributed by atoms with Crippen molar-refractivity contribution in [2.75, 3.05) is 11.9 Å². The minimum atomic E-state index is -0.575. The van der Waals surface area contributed by atoms with Gasteiger partial charge in [-0.25, -0.2) is 9.37 Å². The molecule has 2 N–H and O–H groups in total. The minimum absolute atomic E-state index is 0.0194. The molecule has 0 radical (unpaired) electrons. The fraction of sp³-hybridized carbons (Fsp3) is 0.105. The van der Waals surface area contributed by atoms with Gasteiger partial charge in [0.05, 0.1) is 18.3 Å². The number of nitrogens with one attached hydrogen (secondary N) is 2. The molecule has 0 bridgehead atoms. The zero-order chi connectivity index (χ0) is 20.3. The van der Waals surface area contributed by atoms with Crippen molar-refractivity contribution in [2.24, 2.45) is 0 Å². The number of aromatic nitrogens is 2. The number of amides is 2. The van der Waals surface area contributed by atoms with Gasteiger partial charge in [0.25, 0.3) is 11.5 Å². The number of fused-ring (bicyclic) bond motifs is 1. The van der Waals surface area contributed by atoms with E-state index >= 15 is 0 Å². The van der Waals surface area contributed by atoms with Crippen LogP contribution in [0.3, 0.4) is 0 Å². The Labute approximate surface area is 158 Å². The van der Waals surface area contributed by atoms with Gasteiger partial charge in [-0.2, -0.15) is 0 Å². The summed E-state index contributed by atoms with van der Waals surface area (Å²) >= 11 is 0. The Hall–Kier alpha value is -3.88. The first-order valence-corrected chi connectivity index (χ1v) is 8.21. The lowest BCUT2D eigenvalue weighted by molar-refractivity contribution is -0.114. The predicted molar refractivity (Wildman–Crippen MR) is 98.8 cm³/mol. The predicted octanol–water partition coefficient (Wildman–Crippen LogP) is 1.40. The summed E-state index contributed by atoms with van der Waals surface area (Å²) in [6.07, 6.45) is 2.51. The number of benzene rings is 1. The van der Waals surface area contributed by atoms with E-state index in [1.165, 1.54) is 43.6 Å². The molecular formula is C19H15FN4O4. The fourth-order valence-electron chi connectivity index (χ4n) is 2.49. The van der Waals surface area contributed by atoms with Crippen molar-refractivity contribution in [3.8, 4) is 0 Å². The zero-order valence-corrected chi connectivity index (χ0v) is 14.7. The zero-order valence-electron chi connectivity index (χ0n) is 14.7. The first-order chi connectivity index (χ1) is 13.3. The van der Waals surface area contributed by atoms with E-state index < -0.39 is 23.2 Å². The van der Waals surface area contributed by atoms with Crippen molar-refractivity contribution >= 4 is 28.9 Å². The number of hydrogen-bond donors (Lipinski definition) is 2. The van der Waals surface area contributed by atoms with E-state index in [0.717, 1.165) is 16.5 Å². The third-order valence-corrected chi connectivity index (χ3v) is 3.85. The van der Waals surface area contributed by atoms with Crippen LogP contribution >= 0.6 is 0 Å². The molecule has 0 saturated carbocycles. The minimum Gasteiger partial charge on any atom is -0.345 e. The lowest BCUT2D eigenvalue weighted by Gasteiger charge is -2.08. The molecule has 28 heavy (non-hydrogen) atoms. The summed E-state index contributed by atoms with van der Waals surface area (Å²) in [5, 5.41) is 4.82. The van der Waals surface area contributed by atoms with E-state index in [4.69, 9.17) is 0 Å². The maximum absolute atomic E-state index is 12.9. The normalized spacial score (nSPS) is 10.5. The number of Topliss-reactive ketones (excluding diaryl/α,β-unsaturated/α-hetero) is 1. The lowest BCUT2D eigenvalue weighted by atomic mass is 10.1. The van der Waals surface area contributed by atoms with Crippen LogP contribution in [0.5, 0.6) is 0 Å². The smallest absolute Gasteiger partial charge is 0.281 e. The lowest BCUT2D eigenvalue weighted by Crippen LogP contribution is -2.30. The van der Waals surface area contributed by atoms with Gasteiger partial charge in [-0.05, 0) is 36.4 Å². The molecule has 9 heteroatoms. The average Bonchev–Trinajstić information content (AvgIpc) is 2.68. The van der Waals surface area contributed by atoms with Crippen molar-refractivity contribution in [3.63, 3.8) is 0 Å². The van der Waals surface area contributed by atoms with Crippen LogP contribution in [0.25, 0.3) is 5.65 Å². The molecule has 2 aromatic heterocycles. The Bertz CT molecular complexity index is 1140. The largest absolute Gasteiger partial charge is 0.345 e. The third-order valence-electron chi connectivity index (χ3n) is 3.85.